The maximum atomic E-state index is 5.95. The van der Waals surface area contributed by atoms with Gasteiger partial charge in [0.15, 0.2) is 0 Å². The lowest BCUT2D eigenvalue weighted by atomic mass is 10.1. The van der Waals surface area contributed by atoms with Gasteiger partial charge in [-0.2, -0.15) is 5.10 Å². The molecule has 0 radical (unpaired) electrons. The van der Waals surface area contributed by atoms with E-state index in [0.29, 0.717) is 0 Å². The van der Waals surface area contributed by atoms with Crippen molar-refractivity contribution in [2.24, 2.45) is 5.10 Å². The van der Waals surface area contributed by atoms with Crippen molar-refractivity contribution in [1.29, 1.82) is 0 Å². The second-order valence-corrected chi connectivity index (χ2v) is 6.96. The highest BCUT2D eigenvalue weighted by molar-refractivity contribution is 9.10. The van der Waals surface area contributed by atoms with Gasteiger partial charge in [0.1, 0.15) is 0 Å². The number of hydrogen-bond donors (Lipinski definition) is 0. The van der Waals surface area contributed by atoms with E-state index in [0.717, 1.165) is 46.9 Å². The second-order valence-electron chi connectivity index (χ2n) is 5.61. The fraction of sp³-hybridized carbons (Fsp3) is 0.278. The third kappa shape index (κ3) is 4.27. The molecule has 0 atom stereocenters. The van der Waals surface area contributed by atoms with E-state index in [-0.39, 0.29) is 0 Å². The van der Waals surface area contributed by atoms with E-state index in [9.17, 15) is 0 Å². The Labute approximate surface area is 150 Å². The van der Waals surface area contributed by atoms with E-state index in [4.69, 9.17) is 16.7 Å². The topological polar surface area (TPSA) is 18.8 Å². The highest BCUT2D eigenvalue weighted by Crippen LogP contribution is 2.19. The van der Waals surface area contributed by atoms with Crippen LogP contribution in [0.2, 0.25) is 5.02 Å². The van der Waals surface area contributed by atoms with Crippen molar-refractivity contribution in [3.05, 3.63) is 63.6 Å². The lowest BCUT2D eigenvalue weighted by molar-refractivity contribution is 0.270. The molecule has 0 unspecified atom stereocenters. The number of nitrogens with zero attached hydrogens (tertiary/aromatic N) is 3. The summed E-state index contributed by atoms with van der Waals surface area (Å²) in [6.07, 6.45) is 0. The Morgan fingerprint density at radius 3 is 2.17 bits per heavy atom. The molecule has 3 rings (SSSR count). The molecule has 0 aromatic heterocycles. The summed E-state index contributed by atoms with van der Waals surface area (Å²) in [5, 5.41) is 7.70. The van der Waals surface area contributed by atoms with Crippen LogP contribution < -0.4 is 4.90 Å². The normalized spacial score (nSPS) is 15.9. The summed E-state index contributed by atoms with van der Waals surface area (Å²) in [7, 11) is 0. The average Bonchev–Trinajstić information content (AvgIpc) is 2.57. The molecule has 2 aromatic carbocycles. The summed E-state index contributed by atoms with van der Waals surface area (Å²) in [6.45, 7) is 5.86. The van der Waals surface area contributed by atoms with Crippen LogP contribution in [0.15, 0.2) is 58.1 Å². The minimum Gasteiger partial charge on any atom is -0.368 e. The summed E-state index contributed by atoms with van der Waals surface area (Å²) in [5.74, 6) is 0. The number of rotatable bonds is 3. The number of benzene rings is 2. The third-order valence-corrected chi connectivity index (χ3v) is 4.78. The molecule has 0 saturated carbocycles. The number of anilines is 1. The van der Waals surface area contributed by atoms with Gasteiger partial charge < -0.3 is 4.90 Å². The summed E-state index contributed by atoms with van der Waals surface area (Å²) in [6, 6.07) is 16.3. The van der Waals surface area contributed by atoms with Crippen LogP contribution in [0.3, 0.4) is 0 Å². The molecule has 1 saturated heterocycles. The molecule has 120 valence electrons. The maximum Gasteiger partial charge on any atom is 0.0646 e. The fourth-order valence-electron chi connectivity index (χ4n) is 2.67. The first-order valence-corrected chi connectivity index (χ1v) is 8.85. The number of halogens is 2. The Hall–Kier alpha value is -1.52. The zero-order chi connectivity index (χ0) is 16.2. The lowest BCUT2D eigenvalue weighted by Crippen LogP contribution is -2.44. The zero-order valence-corrected chi connectivity index (χ0v) is 15.4. The minimum atomic E-state index is 0.780. The molecule has 1 aliphatic heterocycles. The van der Waals surface area contributed by atoms with Gasteiger partial charge in [0.25, 0.3) is 0 Å². The number of piperazine rings is 1. The molecule has 1 aliphatic rings. The van der Waals surface area contributed by atoms with Gasteiger partial charge in [0.2, 0.25) is 0 Å². The van der Waals surface area contributed by atoms with Crippen molar-refractivity contribution >= 4 is 38.9 Å². The largest absolute Gasteiger partial charge is 0.368 e. The molecular formula is C18H19BrClN3. The van der Waals surface area contributed by atoms with Crippen LogP contribution >= 0.6 is 27.5 Å². The molecule has 0 N–H and O–H groups in total. The molecule has 2 aromatic rings. The van der Waals surface area contributed by atoms with Gasteiger partial charge >= 0.3 is 0 Å². The Bertz CT molecular complexity index is 674. The van der Waals surface area contributed by atoms with E-state index < -0.39 is 0 Å². The van der Waals surface area contributed by atoms with Gasteiger partial charge in [0, 0.05) is 28.3 Å². The smallest absolute Gasteiger partial charge is 0.0646 e. The van der Waals surface area contributed by atoms with Crippen LogP contribution in [0.1, 0.15) is 12.5 Å². The lowest BCUT2D eigenvalue weighted by Gasteiger charge is -2.35. The Morgan fingerprint density at radius 2 is 1.57 bits per heavy atom. The van der Waals surface area contributed by atoms with Gasteiger partial charge in [-0.3, -0.25) is 5.01 Å². The Morgan fingerprint density at radius 1 is 0.957 bits per heavy atom. The van der Waals surface area contributed by atoms with E-state index in [1.54, 1.807) is 0 Å². The van der Waals surface area contributed by atoms with E-state index in [1.165, 1.54) is 5.69 Å². The van der Waals surface area contributed by atoms with Gasteiger partial charge in [-0.05, 0) is 48.9 Å². The van der Waals surface area contributed by atoms with Crippen LogP contribution in [0.4, 0.5) is 5.69 Å². The quantitative estimate of drug-likeness (QED) is 0.708. The maximum absolute atomic E-state index is 5.95. The van der Waals surface area contributed by atoms with Crippen LogP contribution in [0, 0.1) is 0 Å². The number of hydrogen-bond acceptors (Lipinski definition) is 3. The SMILES string of the molecule is C/C(=N\N1CCN(c2ccc(Cl)cc2)CC1)c1ccc(Br)cc1. The summed E-state index contributed by atoms with van der Waals surface area (Å²) in [5.41, 5.74) is 3.44. The molecule has 23 heavy (non-hydrogen) atoms. The fourth-order valence-corrected chi connectivity index (χ4v) is 3.06. The molecule has 3 nitrogen and oxygen atoms in total. The van der Waals surface area contributed by atoms with Crippen molar-refractivity contribution in [1.82, 2.24) is 5.01 Å². The molecule has 0 aliphatic carbocycles. The number of hydrazone groups is 1. The first-order valence-electron chi connectivity index (χ1n) is 7.68. The third-order valence-electron chi connectivity index (χ3n) is 4.00. The van der Waals surface area contributed by atoms with Gasteiger partial charge in [-0.15, -0.1) is 0 Å². The molecule has 0 amide bonds. The predicted molar refractivity (Wildman–Crippen MR) is 102 cm³/mol. The van der Waals surface area contributed by atoms with Gasteiger partial charge in [0.05, 0.1) is 18.8 Å². The van der Waals surface area contributed by atoms with Crippen molar-refractivity contribution in [3.8, 4) is 0 Å². The zero-order valence-electron chi connectivity index (χ0n) is 13.0. The van der Waals surface area contributed by atoms with Crippen LogP contribution in [0.5, 0.6) is 0 Å². The minimum absolute atomic E-state index is 0.780. The predicted octanol–water partition coefficient (Wildman–Crippen LogP) is 4.65. The highest BCUT2D eigenvalue weighted by Gasteiger charge is 2.16. The standard InChI is InChI=1S/C18H19BrClN3/c1-14(15-2-4-16(19)5-3-15)21-23-12-10-22(11-13-23)18-8-6-17(20)7-9-18/h2-9H,10-13H2,1H3/b21-14+. The van der Waals surface area contributed by atoms with Gasteiger partial charge in [-0.1, -0.05) is 39.7 Å². The van der Waals surface area contributed by atoms with E-state index in [1.807, 2.05) is 24.3 Å². The molecular weight excluding hydrogens is 374 g/mol. The Balaban J connectivity index is 1.61. The first kappa shape index (κ1) is 16.3. The average molecular weight is 393 g/mol. The van der Waals surface area contributed by atoms with Crippen LogP contribution in [-0.4, -0.2) is 36.9 Å². The van der Waals surface area contributed by atoms with Crippen molar-refractivity contribution in [2.45, 2.75) is 6.92 Å². The summed E-state index contributed by atoms with van der Waals surface area (Å²) in [4.78, 5) is 2.37. The molecule has 0 spiro atoms. The molecule has 1 heterocycles. The van der Waals surface area contributed by atoms with Gasteiger partial charge in [-0.25, -0.2) is 0 Å². The van der Waals surface area contributed by atoms with Crippen LogP contribution in [-0.2, 0) is 0 Å². The summed E-state index contributed by atoms with van der Waals surface area (Å²) >= 11 is 9.41. The molecule has 0 bridgehead atoms. The van der Waals surface area contributed by atoms with Crippen LogP contribution in [0.25, 0.3) is 0 Å². The highest BCUT2D eigenvalue weighted by atomic mass is 79.9. The second kappa shape index (κ2) is 7.37. The molecule has 5 heteroatoms. The van der Waals surface area contributed by atoms with Crippen molar-refractivity contribution in [3.63, 3.8) is 0 Å². The van der Waals surface area contributed by atoms with Crippen molar-refractivity contribution in [2.75, 3.05) is 31.1 Å². The Kier molecular flexibility index (Phi) is 5.23. The van der Waals surface area contributed by atoms with Crippen molar-refractivity contribution < 1.29 is 0 Å². The van der Waals surface area contributed by atoms with E-state index in [2.05, 4.69) is 57.0 Å². The summed E-state index contributed by atoms with van der Waals surface area (Å²) < 4.78 is 1.09. The first-order chi connectivity index (χ1) is 11.1. The molecule has 1 fully saturated rings. The van der Waals surface area contributed by atoms with E-state index >= 15 is 0 Å². The monoisotopic (exact) mass is 391 g/mol.